The molecule has 2 fully saturated rings. The number of rotatable bonds is 4. The molecule has 0 radical (unpaired) electrons. The molecule has 1 aromatic heterocycles. The number of amides is 2. The third kappa shape index (κ3) is 3.70. The summed E-state index contributed by atoms with van der Waals surface area (Å²) in [5.41, 5.74) is 0.0458. The van der Waals surface area contributed by atoms with E-state index in [4.69, 9.17) is 0 Å². The number of aromatic nitrogens is 1. The van der Waals surface area contributed by atoms with Crippen LogP contribution in [0.25, 0.3) is 0 Å². The highest BCUT2D eigenvalue weighted by Crippen LogP contribution is 2.28. The highest BCUT2D eigenvalue weighted by Gasteiger charge is 2.39. The van der Waals surface area contributed by atoms with Crippen molar-refractivity contribution in [1.82, 2.24) is 15.2 Å². The van der Waals surface area contributed by atoms with Crippen LogP contribution in [-0.2, 0) is 16.1 Å². The van der Waals surface area contributed by atoms with Crippen LogP contribution in [0.2, 0.25) is 0 Å². The molecule has 0 aliphatic carbocycles. The summed E-state index contributed by atoms with van der Waals surface area (Å²) < 4.78 is 0. The first-order valence-electron chi connectivity index (χ1n) is 8.11. The maximum atomic E-state index is 12.6. The standard InChI is InChI=1S/C17H20N4O2S/c18-12-17(4-7-24-8-5-17)20-16(23)13-9-15(22)21(10-13)11-14-3-1-2-6-19-14/h1-3,6,13H,4-5,7-11H2,(H,20,23). The molecule has 2 aliphatic rings. The van der Waals surface area contributed by atoms with Crippen LogP contribution >= 0.6 is 11.8 Å². The van der Waals surface area contributed by atoms with Crippen LogP contribution in [0.4, 0.5) is 0 Å². The molecule has 6 nitrogen and oxygen atoms in total. The van der Waals surface area contributed by atoms with Gasteiger partial charge in [0.05, 0.1) is 24.2 Å². The van der Waals surface area contributed by atoms with Crippen molar-refractivity contribution < 1.29 is 9.59 Å². The Kier molecular flexibility index (Phi) is 5.05. The van der Waals surface area contributed by atoms with Gasteiger partial charge in [0, 0.05) is 19.2 Å². The minimum Gasteiger partial charge on any atom is -0.337 e. The first-order chi connectivity index (χ1) is 11.6. The fraction of sp³-hybridized carbons (Fsp3) is 0.529. The molecular formula is C17H20N4O2S. The van der Waals surface area contributed by atoms with E-state index in [1.807, 2.05) is 18.2 Å². The number of carbonyl (C=O) groups excluding carboxylic acids is 2. The molecule has 0 aromatic carbocycles. The first kappa shape index (κ1) is 16.8. The number of nitrogens with zero attached hydrogens (tertiary/aromatic N) is 3. The van der Waals surface area contributed by atoms with Crippen molar-refractivity contribution in [3.63, 3.8) is 0 Å². The van der Waals surface area contributed by atoms with E-state index in [-0.39, 0.29) is 24.2 Å². The number of nitriles is 1. The second-order valence-corrected chi connectivity index (χ2v) is 7.52. The Balaban J connectivity index is 1.60. The molecule has 0 spiro atoms. The van der Waals surface area contributed by atoms with Gasteiger partial charge < -0.3 is 10.2 Å². The van der Waals surface area contributed by atoms with Crippen molar-refractivity contribution in [2.24, 2.45) is 5.92 Å². The summed E-state index contributed by atoms with van der Waals surface area (Å²) in [4.78, 5) is 30.6. The van der Waals surface area contributed by atoms with Crippen molar-refractivity contribution >= 4 is 23.6 Å². The average Bonchev–Trinajstić information content (AvgIpc) is 2.97. The largest absolute Gasteiger partial charge is 0.337 e. The van der Waals surface area contributed by atoms with Gasteiger partial charge in [-0.1, -0.05) is 6.07 Å². The predicted molar refractivity (Wildman–Crippen MR) is 90.8 cm³/mol. The second-order valence-electron chi connectivity index (χ2n) is 6.29. The fourth-order valence-corrected chi connectivity index (χ4v) is 4.30. The highest BCUT2D eigenvalue weighted by molar-refractivity contribution is 7.99. The minimum atomic E-state index is -0.764. The van der Waals surface area contributed by atoms with Crippen molar-refractivity contribution in [2.75, 3.05) is 18.1 Å². The summed E-state index contributed by atoms with van der Waals surface area (Å²) in [5.74, 6) is 1.15. The molecule has 1 unspecified atom stereocenters. The molecule has 2 aliphatic heterocycles. The lowest BCUT2D eigenvalue weighted by molar-refractivity contribution is -0.129. The zero-order valence-electron chi connectivity index (χ0n) is 13.4. The maximum absolute atomic E-state index is 12.6. The summed E-state index contributed by atoms with van der Waals surface area (Å²) >= 11 is 1.80. The fourth-order valence-electron chi connectivity index (χ4n) is 3.11. The van der Waals surface area contributed by atoms with E-state index < -0.39 is 5.54 Å². The molecule has 0 saturated carbocycles. The number of hydrogen-bond acceptors (Lipinski definition) is 5. The number of likely N-dealkylation sites (tertiary alicyclic amines) is 1. The molecule has 0 bridgehead atoms. The van der Waals surface area contributed by atoms with E-state index in [0.29, 0.717) is 25.9 Å². The zero-order chi connectivity index (χ0) is 17.0. The quantitative estimate of drug-likeness (QED) is 0.891. The lowest BCUT2D eigenvalue weighted by atomic mass is 9.93. The summed E-state index contributed by atoms with van der Waals surface area (Å²) in [6, 6.07) is 7.85. The van der Waals surface area contributed by atoms with E-state index in [1.165, 1.54) is 0 Å². The topological polar surface area (TPSA) is 86.1 Å². The third-order valence-electron chi connectivity index (χ3n) is 4.59. The molecule has 3 heterocycles. The Morgan fingerprint density at radius 2 is 2.25 bits per heavy atom. The van der Waals surface area contributed by atoms with Crippen LogP contribution in [0.5, 0.6) is 0 Å². The highest BCUT2D eigenvalue weighted by atomic mass is 32.2. The summed E-state index contributed by atoms with van der Waals surface area (Å²) in [6.45, 7) is 0.807. The van der Waals surface area contributed by atoms with Gasteiger partial charge >= 0.3 is 0 Å². The van der Waals surface area contributed by atoms with Gasteiger partial charge in [0.25, 0.3) is 0 Å². The van der Waals surface area contributed by atoms with Crippen molar-refractivity contribution in [3.05, 3.63) is 30.1 Å². The summed E-state index contributed by atoms with van der Waals surface area (Å²) in [5, 5.41) is 12.4. The summed E-state index contributed by atoms with van der Waals surface area (Å²) in [7, 11) is 0. The average molecular weight is 344 g/mol. The lowest BCUT2D eigenvalue weighted by Crippen LogP contribution is -2.51. The molecule has 2 saturated heterocycles. The second kappa shape index (κ2) is 7.22. The Bertz CT molecular complexity index is 652. The molecule has 1 N–H and O–H groups in total. The smallest absolute Gasteiger partial charge is 0.226 e. The van der Waals surface area contributed by atoms with Crippen LogP contribution in [0.15, 0.2) is 24.4 Å². The van der Waals surface area contributed by atoms with Crippen molar-refractivity contribution in [2.45, 2.75) is 31.3 Å². The van der Waals surface area contributed by atoms with Gasteiger partial charge in [-0.3, -0.25) is 14.6 Å². The molecule has 7 heteroatoms. The van der Waals surface area contributed by atoms with Crippen molar-refractivity contribution in [3.8, 4) is 6.07 Å². The number of carbonyl (C=O) groups is 2. The first-order valence-corrected chi connectivity index (χ1v) is 9.26. The van der Waals surface area contributed by atoms with Crippen LogP contribution < -0.4 is 5.32 Å². The SMILES string of the molecule is N#CC1(NC(=O)C2CC(=O)N(Cc3ccccn3)C2)CCSCC1. The molecule has 24 heavy (non-hydrogen) atoms. The Morgan fingerprint density at radius 3 is 2.92 bits per heavy atom. The third-order valence-corrected chi connectivity index (χ3v) is 5.57. The van der Waals surface area contributed by atoms with Crippen LogP contribution in [0.3, 0.4) is 0 Å². The van der Waals surface area contributed by atoms with E-state index in [0.717, 1.165) is 17.2 Å². The molecule has 1 atom stereocenters. The van der Waals surface area contributed by atoms with Gasteiger partial charge in [-0.25, -0.2) is 0 Å². The minimum absolute atomic E-state index is 0.0361. The van der Waals surface area contributed by atoms with E-state index in [9.17, 15) is 14.9 Å². The van der Waals surface area contributed by atoms with Gasteiger partial charge in [0.15, 0.2) is 0 Å². The number of nitrogens with one attached hydrogen (secondary N) is 1. The Morgan fingerprint density at radius 1 is 1.46 bits per heavy atom. The molecule has 3 rings (SSSR count). The van der Waals surface area contributed by atoms with E-state index in [2.05, 4.69) is 16.4 Å². The predicted octanol–water partition coefficient (Wildman–Crippen LogP) is 1.34. The maximum Gasteiger partial charge on any atom is 0.226 e. The zero-order valence-corrected chi connectivity index (χ0v) is 14.2. The number of thioether (sulfide) groups is 1. The van der Waals surface area contributed by atoms with Crippen molar-refractivity contribution in [1.29, 1.82) is 5.26 Å². The van der Waals surface area contributed by atoms with Crippen LogP contribution in [-0.4, -0.2) is 45.3 Å². The normalized spacial score (nSPS) is 22.9. The molecule has 2 amide bonds. The van der Waals surface area contributed by atoms with Crippen LogP contribution in [0, 0.1) is 17.2 Å². The Hall–Kier alpha value is -2.07. The number of pyridine rings is 1. The van der Waals surface area contributed by atoms with E-state index in [1.54, 1.807) is 22.9 Å². The van der Waals surface area contributed by atoms with Gasteiger partial charge in [-0.2, -0.15) is 17.0 Å². The lowest BCUT2D eigenvalue weighted by Gasteiger charge is -2.32. The number of hydrogen-bond donors (Lipinski definition) is 1. The molecular weight excluding hydrogens is 324 g/mol. The van der Waals surface area contributed by atoms with Gasteiger partial charge in [-0.05, 0) is 36.5 Å². The van der Waals surface area contributed by atoms with Gasteiger partial charge in [0.1, 0.15) is 5.54 Å². The summed E-state index contributed by atoms with van der Waals surface area (Å²) in [6.07, 6.45) is 3.23. The van der Waals surface area contributed by atoms with Crippen LogP contribution in [0.1, 0.15) is 25.0 Å². The molecule has 126 valence electrons. The van der Waals surface area contributed by atoms with Gasteiger partial charge in [-0.15, -0.1) is 0 Å². The Labute approximate surface area is 145 Å². The molecule has 1 aromatic rings. The van der Waals surface area contributed by atoms with E-state index >= 15 is 0 Å². The monoisotopic (exact) mass is 344 g/mol. The van der Waals surface area contributed by atoms with Gasteiger partial charge in [0.2, 0.25) is 11.8 Å².